The molecule has 1 heterocycles. The highest BCUT2D eigenvalue weighted by Gasteiger charge is 2.35. The van der Waals surface area contributed by atoms with Crippen molar-refractivity contribution >= 4 is 12.2 Å². The molecule has 1 aromatic heterocycles. The maximum absolute atomic E-state index is 13.2. The van der Waals surface area contributed by atoms with Gasteiger partial charge in [-0.3, -0.25) is 14.3 Å². The summed E-state index contributed by atoms with van der Waals surface area (Å²) in [4.78, 5) is 53.2. The van der Waals surface area contributed by atoms with Crippen molar-refractivity contribution in [2.45, 2.75) is 122 Å². The lowest BCUT2D eigenvalue weighted by atomic mass is 9.84. The van der Waals surface area contributed by atoms with Crippen molar-refractivity contribution in [1.82, 2.24) is 19.8 Å². The van der Waals surface area contributed by atoms with Gasteiger partial charge < -0.3 is 19.7 Å². The van der Waals surface area contributed by atoms with Gasteiger partial charge in [-0.25, -0.2) is 14.4 Å². The molecule has 0 atom stereocenters. The van der Waals surface area contributed by atoms with Gasteiger partial charge in [0.2, 0.25) is 0 Å². The SMILES string of the molecule is CC(C)(C)OC(=O)NC1CCC(N(CC2CCC(n3ccc(=O)[nH]c3=O)CC2)C(=O)OC(C)(C)C)CC1. The molecule has 0 unspecified atom stereocenters. The zero-order valence-corrected chi connectivity index (χ0v) is 23.2. The Labute approximate surface area is 219 Å². The van der Waals surface area contributed by atoms with Gasteiger partial charge in [0.15, 0.2) is 0 Å². The van der Waals surface area contributed by atoms with E-state index < -0.39 is 17.3 Å². The van der Waals surface area contributed by atoms with E-state index in [0.29, 0.717) is 12.5 Å². The van der Waals surface area contributed by atoms with E-state index in [-0.39, 0.29) is 35.5 Å². The van der Waals surface area contributed by atoms with Gasteiger partial charge in [0, 0.05) is 36.9 Å². The van der Waals surface area contributed by atoms with Gasteiger partial charge in [0.1, 0.15) is 11.2 Å². The maximum Gasteiger partial charge on any atom is 0.410 e. The molecule has 2 fully saturated rings. The largest absolute Gasteiger partial charge is 0.444 e. The molecule has 37 heavy (non-hydrogen) atoms. The first kappa shape index (κ1) is 28.8. The predicted octanol–water partition coefficient (Wildman–Crippen LogP) is 4.34. The number of carbonyl (C=O) groups excluding carboxylic acids is 2. The molecule has 0 radical (unpaired) electrons. The molecule has 10 heteroatoms. The smallest absolute Gasteiger partial charge is 0.410 e. The average Bonchev–Trinajstić information content (AvgIpc) is 2.76. The van der Waals surface area contributed by atoms with E-state index in [2.05, 4.69) is 10.3 Å². The van der Waals surface area contributed by atoms with E-state index in [4.69, 9.17) is 9.47 Å². The fourth-order valence-corrected chi connectivity index (χ4v) is 5.30. The minimum Gasteiger partial charge on any atom is -0.444 e. The minimum absolute atomic E-state index is 0.0256. The Balaban J connectivity index is 1.60. The summed E-state index contributed by atoms with van der Waals surface area (Å²) in [6.07, 6.45) is 7.35. The summed E-state index contributed by atoms with van der Waals surface area (Å²) in [7, 11) is 0. The van der Waals surface area contributed by atoms with Crippen molar-refractivity contribution in [1.29, 1.82) is 0 Å². The quantitative estimate of drug-likeness (QED) is 0.595. The van der Waals surface area contributed by atoms with E-state index >= 15 is 0 Å². The normalized spacial score (nSPS) is 24.7. The lowest BCUT2D eigenvalue weighted by Crippen LogP contribution is -2.50. The molecule has 2 saturated carbocycles. The molecule has 208 valence electrons. The standard InChI is InChI=1S/C27H44N4O6/c1-26(2,3)36-24(34)28-19-9-13-21(14-10-19)31(25(35)37-27(4,5)6)17-18-7-11-20(12-8-18)30-16-15-22(32)29-23(30)33/h15-16,18-21H,7-14,17H2,1-6H3,(H,28,34)(H,29,32,33). The number of alkyl carbamates (subject to hydrolysis) is 1. The van der Waals surface area contributed by atoms with Crippen LogP contribution in [0.3, 0.4) is 0 Å². The number of amides is 2. The molecule has 0 spiro atoms. The molecule has 2 aliphatic carbocycles. The molecule has 2 amide bonds. The van der Waals surface area contributed by atoms with Crippen molar-refractivity contribution in [3.63, 3.8) is 0 Å². The third-order valence-electron chi connectivity index (χ3n) is 7.00. The van der Waals surface area contributed by atoms with Crippen LogP contribution in [0.1, 0.15) is 99.0 Å². The van der Waals surface area contributed by atoms with Crippen molar-refractivity contribution < 1.29 is 19.1 Å². The first-order valence-corrected chi connectivity index (χ1v) is 13.5. The second-order valence-corrected chi connectivity index (χ2v) is 12.5. The van der Waals surface area contributed by atoms with Gasteiger partial charge in [-0.15, -0.1) is 0 Å². The van der Waals surface area contributed by atoms with Crippen LogP contribution in [0.15, 0.2) is 21.9 Å². The summed E-state index contributed by atoms with van der Waals surface area (Å²) in [5.41, 5.74) is -1.89. The number of nitrogens with one attached hydrogen (secondary N) is 2. The molecule has 10 nitrogen and oxygen atoms in total. The Morgan fingerprint density at radius 3 is 2.08 bits per heavy atom. The molecule has 0 saturated heterocycles. The molecule has 2 aliphatic rings. The fourth-order valence-electron chi connectivity index (χ4n) is 5.30. The van der Waals surface area contributed by atoms with E-state index in [1.807, 2.05) is 46.4 Å². The number of aromatic amines is 1. The Hall–Kier alpha value is -2.78. The van der Waals surface area contributed by atoms with Gasteiger partial charge >= 0.3 is 17.9 Å². The first-order valence-electron chi connectivity index (χ1n) is 13.5. The van der Waals surface area contributed by atoms with Crippen molar-refractivity contribution in [2.24, 2.45) is 5.92 Å². The highest BCUT2D eigenvalue weighted by Crippen LogP contribution is 2.34. The van der Waals surface area contributed by atoms with Crippen LogP contribution in [0.4, 0.5) is 9.59 Å². The number of H-pyrrole nitrogens is 1. The van der Waals surface area contributed by atoms with Crippen LogP contribution >= 0.6 is 0 Å². The Bertz CT molecular complexity index is 1030. The second-order valence-electron chi connectivity index (χ2n) is 12.5. The van der Waals surface area contributed by atoms with Crippen LogP contribution in [0, 0.1) is 5.92 Å². The van der Waals surface area contributed by atoms with Gasteiger partial charge in [0.25, 0.3) is 5.56 Å². The van der Waals surface area contributed by atoms with Gasteiger partial charge in [-0.05, 0) is 98.8 Å². The number of hydrogen-bond donors (Lipinski definition) is 2. The van der Waals surface area contributed by atoms with E-state index in [0.717, 1.165) is 51.4 Å². The summed E-state index contributed by atoms with van der Waals surface area (Å²) in [6.45, 7) is 11.8. The lowest BCUT2D eigenvalue weighted by Gasteiger charge is -2.40. The topological polar surface area (TPSA) is 123 Å². The lowest BCUT2D eigenvalue weighted by molar-refractivity contribution is 0.00420. The van der Waals surface area contributed by atoms with Crippen molar-refractivity contribution in [3.05, 3.63) is 33.1 Å². The molecule has 3 rings (SSSR count). The third kappa shape index (κ3) is 8.93. The van der Waals surface area contributed by atoms with Gasteiger partial charge in [0.05, 0.1) is 0 Å². The zero-order chi connectivity index (χ0) is 27.4. The number of ether oxygens (including phenoxy) is 2. The van der Waals surface area contributed by atoms with Crippen LogP contribution < -0.4 is 16.6 Å². The Kier molecular flexibility index (Phi) is 9.13. The fraction of sp³-hybridized carbons (Fsp3) is 0.778. The average molecular weight is 521 g/mol. The highest BCUT2D eigenvalue weighted by atomic mass is 16.6. The molecular weight excluding hydrogens is 476 g/mol. The zero-order valence-electron chi connectivity index (χ0n) is 23.2. The van der Waals surface area contributed by atoms with Crippen LogP contribution in [-0.4, -0.2) is 56.5 Å². The predicted molar refractivity (Wildman–Crippen MR) is 141 cm³/mol. The molecule has 1 aromatic rings. The molecule has 2 N–H and O–H groups in total. The summed E-state index contributed by atoms with van der Waals surface area (Å²) >= 11 is 0. The number of rotatable bonds is 5. The monoisotopic (exact) mass is 520 g/mol. The van der Waals surface area contributed by atoms with Crippen LogP contribution in [-0.2, 0) is 9.47 Å². The van der Waals surface area contributed by atoms with Crippen molar-refractivity contribution in [3.8, 4) is 0 Å². The summed E-state index contributed by atoms with van der Waals surface area (Å²) < 4.78 is 12.8. The Morgan fingerprint density at radius 1 is 0.946 bits per heavy atom. The second kappa shape index (κ2) is 11.7. The molecule has 0 aromatic carbocycles. The van der Waals surface area contributed by atoms with Crippen LogP contribution in [0.25, 0.3) is 0 Å². The van der Waals surface area contributed by atoms with Gasteiger partial charge in [-0.2, -0.15) is 0 Å². The summed E-state index contributed by atoms with van der Waals surface area (Å²) in [6, 6.07) is 1.50. The Morgan fingerprint density at radius 2 is 1.54 bits per heavy atom. The summed E-state index contributed by atoms with van der Waals surface area (Å²) in [5.74, 6) is 0.305. The van der Waals surface area contributed by atoms with Gasteiger partial charge in [-0.1, -0.05) is 0 Å². The third-order valence-corrected chi connectivity index (χ3v) is 7.00. The summed E-state index contributed by atoms with van der Waals surface area (Å²) in [5, 5.41) is 2.97. The van der Waals surface area contributed by atoms with Crippen LogP contribution in [0.2, 0.25) is 0 Å². The first-order chi connectivity index (χ1) is 17.2. The maximum atomic E-state index is 13.2. The minimum atomic E-state index is -0.589. The van der Waals surface area contributed by atoms with Crippen LogP contribution in [0.5, 0.6) is 0 Å². The number of aromatic nitrogens is 2. The molecule has 0 aliphatic heterocycles. The molecule has 0 bridgehead atoms. The number of hydrogen-bond acceptors (Lipinski definition) is 6. The van der Waals surface area contributed by atoms with E-state index in [1.165, 1.54) is 6.07 Å². The number of carbonyl (C=O) groups is 2. The van der Waals surface area contributed by atoms with E-state index in [9.17, 15) is 19.2 Å². The number of nitrogens with zero attached hydrogens (tertiary/aromatic N) is 2. The highest BCUT2D eigenvalue weighted by molar-refractivity contribution is 5.69. The van der Waals surface area contributed by atoms with E-state index in [1.54, 1.807) is 10.8 Å². The van der Waals surface area contributed by atoms with Crippen molar-refractivity contribution in [2.75, 3.05) is 6.54 Å². The molecular formula is C27H44N4O6.